The van der Waals surface area contributed by atoms with Crippen LogP contribution in [0, 0.1) is 0 Å². The lowest BCUT2D eigenvalue weighted by atomic mass is 10.0. The van der Waals surface area contributed by atoms with Gasteiger partial charge in [-0.25, -0.2) is 0 Å². The number of aryl methyl sites for hydroxylation is 1. The molecule has 94 valence electrons. The quantitative estimate of drug-likeness (QED) is 0.736. The Hall–Kier alpha value is -0.900. The molecule has 1 aromatic rings. The molecule has 1 N–H and O–H groups in total. The van der Waals surface area contributed by atoms with Gasteiger partial charge in [0, 0.05) is 13.7 Å². The topological polar surface area (TPSA) is 30.5 Å². The van der Waals surface area contributed by atoms with Crippen LogP contribution in [0.15, 0.2) is 24.3 Å². The normalized spacial score (nSPS) is 17.1. The fourth-order valence-corrected chi connectivity index (χ4v) is 2.05. The second kappa shape index (κ2) is 5.63. The Morgan fingerprint density at radius 1 is 1.12 bits per heavy atom. The molecule has 17 heavy (non-hydrogen) atoms. The van der Waals surface area contributed by atoms with E-state index >= 15 is 0 Å². The highest BCUT2D eigenvalue weighted by atomic mass is 16.6. The lowest BCUT2D eigenvalue weighted by Crippen LogP contribution is -2.12. The van der Waals surface area contributed by atoms with Crippen molar-refractivity contribution in [3.05, 3.63) is 35.4 Å². The van der Waals surface area contributed by atoms with Gasteiger partial charge in [-0.3, -0.25) is 0 Å². The first kappa shape index (κ1) is 12.6. The molecule has 0 unspecified atom stereocenters. The van der Waals surface area contributed by atoms with E-state index in [1.54, 1.807) is 7.11 Å². The molecule has 0 bridgehead atoms. The highest BCUT2D eigenvalue weighted by Gasteiger charge is 2.42. The Morgan fingerprint density at radius 2 is 1.76 bits per heavy atom. The minimum atomic E-state index is 0.205. The van der Waals surface area contributed by atoms with Gasteiger partial charge in [0.25, 0.3) is 0 Å². The highest BCUT2D eigenvalue weighted by Crippen LogP contribution is 2.42. The average molecular weight is 235 g/mol. The minimum absolute atomic E-state index is 0.205. The minimum Gasteiger partial charge on any atom is -0.378 e. The highest BCUT2D eigenvalue weighted by molar-refractivity contribution is 5.23. The zero-order chi connectivity index (χ0) is 12.1. The van der Waals surface area contributed by atoms with Crippen LogP contribution in [0.4, 0.5) is 0 Å². The van der Waals surface area contributed by atoms with Gasteiger partial charge in [-0.15, -0.1) is 0 Å². The Bertz CT molecular complexity index is 344. The molecule has 0 heterocycles. The largest absolute Gasteiger partial charge is 0.378 e. The summed E-state index contributed by atoms with van der Waals surface area (Å²) < 4.78 is 5.52. The summed E-state index contributed by atoms with van der Waals surface area (Å²) in [5, 5.41) is 0. The molecule has 3 heteroatoms. The summed E-state index contributed by atoms with van der Waals surface area (Å²) in [6.45, 7) is 0.749. The number of rotatable bonds is 7. The Labute approximate surface area is 103 Å². The van der Waals surface area contributed by atoms with E-state index in [0.717, 1.165) is 19.4 Å². The van der Waals surface area contributed by atoms with Crippen LogP contribution in [0.3, 0.4) is 0 Å². The van der Waals surface area contributed by atoms with Crippen LogP contribution in [0.1, 0.15) is 30.4 Å². The summed E-state index contributed by atoms with van der Waals surface area (Å²) in [6, 6.07) is 8.68. The van der Waals surface area contributed by atoms with Crippen LogP contribution >= 0.6 is 0 Å². The van der Waals surface area contributed by atoms with E-state index in [4.69, 9.17) is 9.57 Å². The van der Waals surface area contributed by atoms with Gasteiger partial charge in [-0.05, 0) is 36.8 Å². The lowest BCUT2D eigenvalue weighted by molar-refractivity contribution is 0.0731. The van der Waals surface area contributed by atoms with Gasteiger partial charge in [0.2, 0.25) is 0 Å². The first-order valence-corrected chi connectivity index (χ1v) is 6.17. The van der Waals surface area contributed by atoms with Gasteiger partial charge < -0.3 is 9.57 Å². The van der Waals surface area contributed by atoms with Crippen LogP contribution in [-0.2, 0) is 22.5 Å². The van der Waals surface area contributed by atoms with Crippen LogP contribution < -0.4 is 5.48 Å². The van der Waals surface area contributed by atoms with Crippen molar-refractivity contribution in [1.82, 2.24) is 5.48 Å². The van der Waals surface area contributed by atoms with E-state index in [-0.39, 0.29) is 5.60 Å². The van der Waals surface area contributed by atoms with Gasteiger partial charge in [-0.1, -0.05) is 24.3 Å². The second-order valence-corrected chi connectivity index (χ2v) is 4.73. The van der Waals surface area contributed by atoms with Crippen molar-refractivity contribution < 1.29 is 9.57 Å². The molecule has 2 rings (SSSR count). The van der Waals surface area contributed by atoms with Crippen LogP contribution in [0.25, 0.3) is 0 Å². The third kappa shape index (κ3) is 3.53. The van der Waals surface area contributed by atoms with E-state index < -0.39 is 0 Å². The SMILES string of the molecule is CONCc1ccc(CCC2(OC)CC2)cc1. The molecule has 0 radical (unpaired) electrons. The number of ether oxygens (including phenoxy) is 1. The van der Waals surface area contributed by atoms with Crippen molar-refractivity contribution in [3.8, 4) is 0 Å². The van der Waals surface area contributed by atoms with E-state index in [0.29, 0.717) is 0 Å². The number of benzene rings is 1. The number of hydrogen-bond donors (Lipinski definition) is 1. The Balaban J connectivity index is 1.81. The van der Waals surface area contributed by atoms with Crippen LogP contribution in [0.5, 0.6) is 0 Å². The molecule has 0 saturated heterocycles. The maximum Gasteiger partial charge on any atom is 0.0684 e. The molecule has 0 aromatic heterocycles. The second-order valence-electron chi connectivity index (χ2n) is 4.73. The van der Waals surface area contributed by atoms with Crippen LogP contribution in [0.2, 0.25) is 0 Å². The predicted molar refractivity (Wildman–Crippen MR) is 67.6 cm³/mol. The molecule has 0 aliphatic heterocycles. The van der Waals surface area contributed by atoms with Gasteiger partial charge in [0.1, 0.15) is 0 Å². The number of nitrogens with one attached hydrogen (secondary N) is 1. The first-order chi connectivity index (χ1) is 8.28. The van der Waals surface area contributed by atoms with Gasteiger partial charge in [-0.2, -0.15) is 5.48 Å². The zero-order valence-electron chi connectivity index (χ0n) is 10.7. The monoisotopic (exact) mass is 235 g/mol. The fourth-order valence-electron chi connectivity index (χ4n) is 2.05. The summed E-state index contributed by atoms with van der Waals surface area (Å²) in [4.78, 5) is 4.82. The first-order valence-electron chi connectivity index (χ1n) is 6.17. The standard InChI is InChI=1S/C14H21NO2/c1-16-14(9-10-14)8-7-12-3-5-13(6-4-12)11-15-17-2/h3-6,15H,7-11H2,1-2H3. The van der Waals surface area contributed by atoms with E-state index in [1.165, 1.54) is 24.0 Å². The summed E-state index contributed by atoms with van der Waals surface area (Å²) in [5.41, 5.74) is 5.67. The molecule has 3 nitrogen and oxygen atoms in total. The average Bonchev–Trinajstić information content (AvgIpc) is 3.16. The van der Waals surface area contributed by atoms with Crippen molar-refractivity contribution in [3.63, 3.8) is 0 Å². The van der Waals surface area contributed by atoms with E-state index in [2.05, 4.69) is 29.7 Å². The molecule has 1 aliphatic carbocycles. The van der Waals surface area contributed by atoms with Crippen molar-refractivity contribution >= 4 is 0 Å². The third-order valence-corrected chi connectivity index (χ3v) is 3.55. The maximum absolute atomic E-state index is 5.52. The van der Waals surface area contributed by atoms with Gasteiger partial charge in [0.15, 0.2) is 0 Å². The number of hydrogen-bond acceptors (Lipinski definition) is 3. The van der Waals surface area contributed by atoms with Crippen molar-refractivity contribution in [2.45, 2.75) is 37.8 Å². The molecule has 1 fully saturated rings. The molecule has 0 amide bonds. The Kier molecular flexibility index (Phi) is 4.15. The summed E-state index contributed by atoms with van der Waals surface area (Å²) >= 11 is 0. The fraction of sp³-hybridized carbons (Fsp3) is 0.571. The summed E-state index contributed by atoms with van der Waals surface area (Å²) in [7, 11) is 3.46. The van der Waals surface area contributed by atoms with Crippen molar-refractivity contribution in [1.29, 1.82) is 0 Å². The predicted octanol–water partition coefficient (Wildman–Crippen LogP) is 2.45. The molecular weight excluding hydrogens is 214 g/mol. The molecule has 1 aliphatic rings. The van der Waals surface area contributed by atoms with E-state index in [9.17, 15) is 0 Å². The summed E-state index contributed by atoms with van der Waals surface area (Å²) in [6.07, 6.45) is 4.68. The number of methoxy groups -OCH3 is 1. The van der Waals surface area contributed by atoms with Gasteiger partial charge >= 0.3 is 0 Å². The van der Waals surface area contributed by atoms with Gasteiger partial charge in [0.05, 0.1) is 12.7 Å². The smallest absolute Gasteiger partial charge is 0.0684 e. The Morgan fingerprint density at radius 3 is 2.29 bits per heavy atom. The molecule has 0 spiro atoms. The van der Waals surface area contributed by atoms with Crippen molar-refractivity contribution in [2.75, 3.05) is 14.2 Å². The summed E-state index contributed by atoms with van der Waals surface area (Å²) in [5.74, 6) is 0. The van der Waals surface area contributed by atoms with Crippen molar-refractivity contribution in [2.24, 2.45) is 0 Å². The molecular formula is C14H21NO2. The molecule has 1 saturated carbocycles. The lowest BCUT2D eigenvalue weighted by Gasteiger charge is -2.12. The third-order valence-electron chi connectivity index (χ3n) is 3.55. The molecule has 1 aromatic carbocycles. The zero-order valence-corrected chi connectivity index (χ0v) is 10.7. The molecule has 0 atom stereocenters. The van der Waals surface area contributed by atoms with E-state index in [1.807, 2.05) is 7.11 Å². The maximum atomic E-state index is 5.52. The number of hydroxylamine groups is 1. The van der Waals surface area contributed by atoms with Crippen LogP contribution in [-0.4, -0.2) is 19.8 Å².